The molecular weight excluding hydrogens is 226 g/mol. The second-order valence-corrected chi connectivity index (χ2v) is 4.07. The number of ether oxygens (including phenoxy) is 1. The van der Waals surface area contributed by atoms with Crippen molar-refractivity contribution in [2.45, 2.75) is 10.1 Å². The van der Waals surface area contributed by atoms with Crippen LogP contribution in [0.5, 0.6) is 5.75 Å². The van der Waals surface area contributed by atoms with Gasteiger partial charge >= 0.3 is 0 Å². The van der Waals surface area contributed by atoms with E-state index in [2.05, 4.69) is 15.5 Å². The van der Waals surface area contributed by atoms with Crippen molar-refractivity contribution in [3.63, 3.8) is 0 Å². The van der Waals surface area contributed by atoms with E-state index >= 15 is 0 Å². The number of tetrazole rings is 1. The molecule has 0 spiro atoms. The fourth-order valence-corrected chi connectivity index (χ4v) is 2.00. The van der Waals surface area contributed by atoms with Crippen molar-refractivity contribution in [3.8, 4) is 5.75 Å². The number of nitrogens with two attached hydrogens (primary N) is 1. The maximum Gasteiger partial charge on any atom is 0.213 e. The Balaban J connectivity index is 2.32. The lowest BCUT2D eigenvalue weighted by atomic mass is 10.3. The average molecular weight is 237 g/mol. The van der Waals surface area contributed by atoms with E-state index in [1.807, 2.05) is 18.2 Å². The van der Waals surface area contributed by atoms with Crippen LogP contribution in [0.2, 0.25) is 0 Å². The molecule has 16 heavy (non-hydrogen) atoms. The fourth-order valence-electron chi connectivity index (χ4n) is 1.20. The number of hydrogen-bond donors (Lipinski definition) is 1. The van der Waals surface area contributed by atoms with Crippen molar-refractivity contribution in [2.75, 3.05) is 12.8 Å². The number of benzene rings is 1. The summed E-state index contributed by atoms with van der Waals surface area (Å²) in [6.45, 7) is 0. The summed E-state index contributed by atoms with van der Waals surface area (Å²) in [5, 5.41) is 11.9. The second-order valence-electron chi connectivity index (χ2n) is 3.06. The molecule has 7 heteroatoms. The molecule has 1 aromatic carbocycles. The first kappa shape index (κ1) is 10.7. The number of aryl methyl sites for hydroxylation is 1. The third kappa shape index (κ3) is 1.94. The minimum atomic E-state index is 0.595. The Morgan fingerprint density at radius 2 is 2.25 bits per heavy atom. The summed E-state index contributed by atoms with van der Waals surface area (Å²) in [7, 11) is 3.36. The molecule has 2 aromatic rings. The van der Waals surface area contributed by atoms with E-state index in [4.69, 9.17) is 10.5 Å². The predicted molar refractivity (Wildman–Crippen MR) is 60.3 cm³/mol. The van der Waals surface area contributed by atoms with E-state index in [0.29, 0.717) is 16.6 Å². The molecule has 0 radical (unpaired) electrons. The van der Waals surface area contributed by atoms with E-state index in [-0.39, 0.29) is 0 Å². The van der Waals surface area contributed by atoms with Crippen LogP contribution in [-0.4, -0.2) is 27.3 Å². The largest absolute Gasteiger partial charge is 0.495 e. The van der Waals surface area contributed by atoms with Crippen LogP contribution in [0.1, 0.15) is 0 Å². The molecule has 84 valence electrons. The highest BCUT2D eigenvalue weighted by atomic mass is 32.2. The molecule has 0 atom stereocenters. The van der Waals surface area contributed by atoms with E-state index in [1.165, 1.54) is 11.8 Å². The molecule has 0 unspecified atom stereocenters. The lowest BCUT2D eigenvalue weighted by Crippen LogP contribution is -1.96. The number of nitrogen functional groups attached to an aromatic ring is 1. The van der Waals surface area contributed by atoms with Gasteiger partial charge in [0.15, 0.2) is 0 Å². The molecule has 1 heterocycles. The van der Waals surface area contributed by atoms with E-state index in [9.17, 15) is 0 Å². The molecule has 1 aromatic heterocycles. The van der Waals surface area contributed by atoms with E-state index < -0.39 is 0 Å². The first-order valence-electron chi connectivity index (χ1n) is 4.55. The maximum atomic E-state index is 5.94. The standard InChI is InChI=1S/C9H11N5OS/c1-14-9(11-12-13-14)16-7-5-3-4-6(15-2)8(7)10/h3-5H,10H2,1-2H3. The Kier molecular flexibility index (Phi) is 2.95. The minimum Gasteiger partial charge on any atom is -0.495 e. The van der Waals surface area contributed by atoms with Gasteiger partial charge in [-0.25, -0.2) is 4.68 Å². The van der Waals surface area contributed by atoms with Crippen molar-refractivity contribution in [3.05, 3.63) is 18.2 Å². The number of nitrogens with zero attached hydrogens (tertiary/aromatic N) is 4. The number of rotatable bonds is 3. The van der Waals surface area contributed by atoms with Crippen LogP contribution in [0, 0.1) is 0 Å². The fraction of sp³-hybridized carbons (Fsp3) is 0.222. The van der Waals surface area contributed by atoms with E-state index in [0.717, 1.165) is 4.90 Å². The molecule has 2 rings (SSSR count). The van der Waals surface area contributed by atoms with Crippen molar-refractivity contribution < 1.29 is 4.74 Å². The van der Waals surface area contributed by atoms with Crippen molar-refractivity contribution >= 4 is 17.4 Å². The number of aromatic nitrogens is 4. The molecule has 2 N–H and O–H groups in total. The molecule has 0 bridgehead atoms. The van der Waals surface area contributed by atoms with Crippen LogP contribution in [-0.2, 0) is 7.05 Å². The monoisotopic (exact) mass is 237 g/mol. The molecule has 0 aliphatic carbocycles. The van der Waals surface area contributed by atoms with Gasteiger partial charge in [0.2, 0.25) is 5.16 Å². The number of methoxy groups -OCH3 is 1. The van der Waals surface area contributed by atoms with Gasteiger partial charge in [0.05, 0.1) is 12.8 Å². The highest BCUT2D eigenvalue weighted by Crippen LogP contribution is 2.35. The van der Waals surface area contributed by atoms with Gasteiger partial charge in [-0.2, -0.15) is 0 Å². The molecular formula is C9H11N5OS. The average Bonchev–Trinajstić information content (AvgIpc) is 2.68. The van der Waals surface area contributed by atoms with E-state index in [1.54, 1.807) is 18.8 Å². The minimum absolute atomic E-state index is 0.595. The van der Waals surface area contributed by atoms with Gasteiger partial charge in [-0.05, 0) is 34.3 Å². The topological polar surface area (TPSA) is 78.9 Å². The molecule has 0 saturated heterocycles. The summed E-state index contributed by atoms with van der Waals surface area (Å²) >= 11 is 1.40. The third-order valence-corrected chi connectivity index (χ3v) is 3.13. The highest BCUT2D eigenvalue weighted by Gasteiger charge is 2.10. The summed E-state index contributed by atoms with van der Waals surface area (Å²) in [5.74, 6) is 0.653. The van der Waals surface area contributed by atoms with Gasteiger partial charge in [0.25, 0.3) is 0 Å². The zero-order valence-electron chi connectivity index (χ0n) is 8.91. The summed E-state index contributed by atoms with van der Waals surface area (Å²) < 4.78 is 6.73. The summed E-state index contributed by atoms with van der Waals surface area (Å²) in [6, 6.07) is 5.59. The SMILES string of the molecule is COc1cccc(Sc2nnnn2C)c1N. The van der Waals surface area contributed by atoms with Gasteiger partial charge in [-0.15, -0.1) is 5.10 Å². The molecule has 0 aliphatic rings. The van der Waals surface area contributed by atoms with Crippen molar-refractivity contribution in [1.82, 2.24) is 20.2 Å². The highest BCUT2D eigenvalue weighted by molar-refractivity contribution is 7.99. The smallest absolute Gasteiger partial charge is 0.213 e. The molecule has 6 nitrogen and oxygen atoms in total. The van der Waals surface area contributed by atoms with Gasteiger partial charge in [-0.1, -0.05) is 6.07 Å². The summed E-state index contributed by atoms with van der Waals surface area (Å²) in [4.78, 5) is 0.872. The summed E-state index contributed by atoms with van der Waals surface area (Å²) in [6.07, 6.45) is 0. The Labute approximate surface area is 96.8 Å². The zero-order valence-corrected chi connectivity index (χ0v) is 9.73. The van der Waals surface area contributed by atoms with Crippen LogP contribution in [0.3, 0.4) is 0 Å². The predicted octanol–water partition coefficient (Wildman–Crippen LogP) is 0.952. The van der Waals surface area contributed by atoms with Crippen LogP contribution in [0.15, 0.2) is 28.3 Å². The van der Waals surface area contributed by atoms with Gasteiger partial charge in [0, 0.05) is 11.9 Å². The van der Waals surface area contributed by atoms with Crippen molar-refractivity contribution in [1.29, 1.82) is 0 Å². The lowest BCUT2D eigenvalue weighted by Gasteiger charge is -2.08. The van der Waals surface area contributed by atoms with Crippen LogP contribution < -0.4 is 10.5 Å². The maximum absolute atomic E-state index is 5.94. The Bertz CT molecular complexity index is 498. The number of anilines is 1. The van der Waals surface area contributed by atoms with Crippen molar-refractivity contribution in [2.24, 2.45) is 7.05 Å². The molecule has 0 saturated carbocycles. The Morgan fingerprint density at radius 3 is 2.88 bits per heavy atom. The van der Waals surface area contributed by atoms with Gasteiger partial charge in [-0.3, -0.25) is 0 Å². The van der Waals surface area contributed by atoms with Gasteiger partial charge < -0.3 is 10.5 Å². The molecule has 0 fully saturated rings. The quantitative estimate of drug-likeness (QED) is 0.801. The Hall–Kier alpha value is -1.76. The molecule has 0 amide bonds. The first-order valence-corrected chi connectivity index (χ1v) is 5.36. The third-order valence-electron chi connectivity index (χ3n) is 2.03. The first-order chi connectivity index (χ1) is 7.72. The number of para-hydroxylation sites is 1. The van der Waals surface area contributed by atoms with Crippen LogP contribution >= 0.6 is 11.8 Å². The normalized spacial score (nSPS) is 10.4. The molecule has 0 aliphatic heterocycles. The Morgan fingerprint density at radius 1 is 1.44 bits per heavy atom. The lowest BCUT2D eigenvalue weighted by molar-refractivity contribution is 0.416. The van der Waals surface area contributed by atoms with Gasteiger partial charge in [0.1, 0.15) is 5.75 Å². The van der Waals surface area contributed by atoms with Crippen LogP contribution in [0.4, 0.5) is 5.69 Å². The second kappa shape index (κ2) is 4.40. The zero-order chi connectivity index (χ0) is 11.5. The van der Waals surface area contributed by atoms with Crippen LogP contribution in [0.25, 0.3) is 0 Å². The number of hydrogen-bond acceptors (Lipinski definition) is 6. The summed E-state index contributed by atoms with van der Waals surface area (Å²) in [5.41, 5.74) is 6.53.